The lowest BCUT2D eigenvalue weighted by Gasteiger charge is -2.17. The van der Waals surface area contributed by atoms with Crippen molar-refractivity contribution in [3.8, 4) is 5.69 Å². The largest absolute Gasteiger partial charge is 0.349 e. The molecule has 2 aromatic carbocycles. The Kier molecular flexibility index (Phi) is 5.62. The van der Waals surface area contributed by atoms with E-state index in [4.69, 9.17) is 0 Å². The van der Waals surface area contributed by atoms with Gasteiger partial charge in [0.1, 0.15) is 5.82 Å². The first-order valence-electron chi connectivity index (χ1n) is 8.11. The molecule has 0 saturated heterocycles. The van der Waals surface area contributed by atoms with Crippen molar-refractivity contribution in [1.82, 2.24) is 25.5 Å². The summed E-state index contributed by atoms with van der Waals surface area (Å²) in [5, 5.41) is 14.8. The van der Waals surface area contributed by atoms with Gasteiger partial charge in [-0.1, -0.05) is 42.1 Å². The Balaban J connectivity index is 1.65. The van der Waals surface area contributed by atoms with E-state index in [1.165, 1.54) is 23.9 Å². The Hall–Kier alpha value is -2.74. The van der Waals surface area contributed by atoms with E-state index in [0.717, 1.165) is 11.3 Å². The number of thioether (sulfide) groups is 1. The van der Waals surface area contributed by atoms with Crippen molar-refractivity contribution in [1.29, 1.82) is 0 Å². The van der Waals surface area contributed by atoms with Crippen molar-refractivity contribution in [3.63, 3.8) is 0 Å². The Morgan fingerprint density at radius 1 is 1.12 bits per heavy atom. The van der Waals surface area contributed by atoms with Crippen LogP contribution in [-0.2, 0) is 4.79 Å². The second kappa shape index (κ2) is 8.09. The van der Waals surface area contributed by atoms with Gasteiger partial charge in [0.05, 0.1) is 17.0 Å². The molecule has 8 heteroatoms. The highest BCUT2D eigenvalue weighted by Gasteiger charge is 2.21. The molecule has 1 amide bonds. The summed E-state index contributed by atoms with van der Waals surface area (Å²) in [5.74, 6) is -0.446. The summed E-state index contributed by atoms with van der Waals surface area (Å²) < 4.78 is 14.6. The minimum atomic E-state index is -0.397. The van der Waals surface area contributed by atoms with Crippen LogP contribution in [0, 0.1) is 5.82 Å². The normalized spacial score (nSPS) is 13.2. The van der Waals surface area contributed by atoms with Gasteiger partial charge in [0.2, 0.25) is 11.1 Å². The lowest BCUT2D eigenvalue weighted by molar-refractivity contribution is -0.120. The van der Waals surface area contributed by atoms with Crippen LogP contribution in [0.4, 0.5) is 4.39 Å². The average molecular weight is 371 g/mol. The van der Waals surface area contributed by atoms with Gasteiger partial charge in [-0.2, -0.15) is 4.68 Å². The summed E-state index contributed by atoms with van der Waals surface area (Å²) in [7, 11) is 0. The number of carbonyl (C=O) groups is 1. The number of nitrogens with zero attached hydrogens (tertiary/aromatic N) is 4. The van der Waals surface area contributed by atoms with E-state index in [2.05, 4.69) is 20.8 Å². The molecule has 0 saturated carbocycles. The highest BCUT2D eigenvalue weighted by atomic mass is 32.2. The molecule has 0 bridgehead atoms. The van der Waals surface area contributed by atoms with Crippen LogP contribution in [0.2, 0.25) is 0 Å². The quantitative estimate of drug-likeness (QED) is 0.674. The Bertz CT molecular complexity index is 869. The lowest BCUT2D eigenvalue weighted by atomic mass is 10.1. The van der Waals surface area contributed by atoms with E-state index in [0.29, 0.717) is 5.16 Å². The van der Waals surface area contributed by atoms with Gasteiger partial charge >= 0.3 is 0 Å². The number of rotatable bonds is 6. The monoisotopic (exact) mass is 371 g/mol. The topological polar surface area (TPSA) is 72.7 Å². The fraction of sp³-hybridized carbons (Fsp3) is 0.222. The average Bonchev–Trinajstić information content (AvgIpc) is 3.11. The molecule has 1 heterocycles. The zero-order chi connectivity index (χ0) is 18.5. The molecule has 0 unspecified atom stereocenters. The maximum Gasteiger partial charge on any atom is 0.233 e. The molecule has 26 heavy (non-hydrogen) atoms. The van der Waals surface area contributed by atoms with Gasteiger partial charge in [-0.15, -0.1) is 5.10 Å². The molecule has 134 valence electrons. The summed E-state index contributed by atoms with van der Waals surface area (Å²) in [6, 6.07) is 15.3. The second-order valence-corrected chi connectivity index (χ2v) is 7.06. The fourth-order valence-corrected chi connectivity index (χ4v) is 3.18. The summed E-state index contributed by atoms with van der Waals surface area (Å²) in [6.45, 7) is 3.65. The Morgan fingerprint density at radius 2 is 1.81 bits per heavy atom. The maximum absolute atomic E-state index is 13.0. The van der Waals surface area contributed by atoms with Crippen LogP contribution in [0.25, 0.3) is 5.69 Å². The van der Waals surface area contributed by atoms with E-state index in [1.807, 2.05) is 37.3 Å². The highest BCUT2D eigenvalue weighted by molar-refractivity contribution is 8.00. The fourth-order valence-electron chi connectivity index (χ4n) is 2.36. The molecule has 3 aromatic rings. The van der Waals surface area contributed by atoms with Gasteiger partial charge in [0.15, 0.2) is 0 Å². The van der Waals surface area contributed by atoms with E-state index in [-0.39, 0.29) is 17.8 Å². The number of tetrazole rings is 1. The molecule has 0 aliphatic carbocycles. The van der Waals surface area contributed by atoms with Crippen molar-refractivity contribution in [2.24, 2.45) is 0 Å². The zero-order valence-corrected chi connectivity index (χ0v) is 15.2. The van der Waals surface area contributed by atoms with Crippen LogP contribution in [-0.4, -0.2) is 31.4 Å². The SMILES string of the molecule is C[C@@H](Sc1nnnn1-c1ccccc1)C(=O)N[C@H](C)c1ccc(F)cc1. The molecular formula is C18H18FN5OS. The van der Waals surface area contributed by atoms with Gasteiger partial charge < -0.3 is 5.32 Å². The predicted molar refractivity (Wildman–Crippen MR) is 97.4 cm³/mol. The van der Waals surface area contributed by atoms with Gasteiger partial charge in [0.25, 0.3) is 0 Å². The third kappa shape index (κ3) is 4.26. The minimum absolute atomic E-state index is 0.144. The third-order valence-electron chi connectivity index (χ3n) is 3.82. The highest BCUT2D eigenvalue weighted by Crippen LogP contribution is 2.23. The number of hydrogen-bond donors (Lipinski definition) is 1. The molecule has 1 aromatic heterocycles. The summed E-state index contributed by atoms with van der Waals surface area (Å²) in [4.78, 5) is 12.5. The van der Waals surface area contributed by atoms with Gasteiger partial charge in [-0.05, 0) is 54.1 Å². The van der Waals surface area contributed by atoms with E-state index in [9.17, 15) is 9.18 Å². The first kappa shape index (κ1) is 18.1. The van der Waals surface area contributed by atoms with Crippen LogP contribution >= 0.6 is 11.8 Å². The molecule has 0 aliphatic heterocycles. The first-order chi connectivity index (χ1) is 12.5. The molecule has 0 spiro atoms. The van der Waals surface area contributed by atoms with Crippen molar-refractivity contribution >= 4 is 17.7 Å². The van der Waals surface area contributed by atoms with Gasteiger partial charge in [-0.25, -0.2) is 4.39 Å². The number of aromatic nitrogens is 4. The van der Waals surface area contributed by atoms with Crippen LogP contribution in [0.15, 0.2) is 59.8 Å². The second-order valence-electron chi connectivity index (χ2n) is 5.75. The number of hydrogen-bond acceptors (Lipinski definition) is 5. The minimum Gasteiger partial charge on any atom is -0.349 e. The summed E-state index contributed by atoms with van der Waals surface area (Å²) in [6.07, 6.45) is 0. The Labute approximate surface area is 154 Å². The number of carbonyl (C=O) groups excluding carboxylic acids is 1. The third-order valence-corrected chi connectivity index (χ3v) is 4.85. The molecule has 0 radical (unpaired) electrons. The van der Waals surface area contributed by atoms with Crippen LogP contribution in [0.1, 0.15) is 25.5 Å². The molecule has 1 N–H and O–H groups in total. The number of halogens is 1. The van der Waals surface area contributed by atoms with Gasteiger partial charge in [-0.3, -0.25) is 4.79 Å². The smallest absolute Gasteiger partial charge is 0.233 e. The number of nitrogens with one attached hydrogen (secondary N) is 1. The van der Waals surface area contributed by atoms with Crippen LogP contribution < -0.4 is 5.32 Å². The lowest BCUT2D eigenvalue weighted by Crippen LogP contribution is -2.33. The molecule has 6 nitrogen and oxygen atoms in total. The number of benzene rings is 2. The van der Waals surface area contributed by atoms with Crippen molar-refractivity contribution < 1.29 is 9.18 Å². The van der Waals surface area contributed by atoms with E-state index in [1.54, 1.807) is 23.7 Å². The number of para-hydroxylation sites is 1. The summed E-state index contributed by atoms with van der Waals surface area (Å²) >= 11 is 1.27. The number of amides is 1. The van der Waals surface area contributed by atoms with Crippen molar-refractivity contribution in [2.45, 2.75) is 30.3 Å². The molecular weight excluding hydrogens is 353 g/mol. The van der Waals surface area contributed by atoms with Crippen molar-refractivity contribution in [2.75, 3.05) is 0 Å². The van der Waals surface area contributed by atoms with E-state index >= 15 is 0 Å². The Morgan fingerprint density at radius 3 is 2.50 bits per heavy atom. The summed E-state index contributed by atoms with van der Waals surface area (Å²) in [5.41, 5.74) is 1.67. The molecule has 0 aliphatic rings. The van der Waals surface area contributed by atoms with Crippen LogP contribution in [0.5, 0.6) is 0 Å². The van der Waals surface area contributed by atoms with Crippen molar-refractivity contribution in [3.05, 3.63) is 66.0 Å². The molecule has 0 fully saturated rings. The standard InChI is InChI=1S/C18H18FN5OS/c1-12(14-8-10-15(19)11-9-14)20-17(25)13(2)26-18-21-22-23-24(18)16-6-4-3-5-7-16/h3-13H,1-2H3,(H,20,25)/t12-,13-/m1/s1. The first-order valence-corrected chi connectivity index (χ1v) is 8.99. The predicted octanol–water partition coefficient (Wildman–Crippen LogP) is 3.16. The van der Waals surface area contributed by atoms with Crippen LogP contribution in [0.3, 0.4) is 0 Å². The van der Waals surface area contributed by atoms with E-state index < -0.39 is 5.25 Å². The maximum atomic E-state index is 13.0. The van der Waals surface area contributed by atoms with Gasteiger partial charge in [0, 0.05) is 0 Å². The zero-order valence-electron chi connectivity index (χ0n) is 14.3. The molecule has 3 rings (SSSR count). The molecule has 2 atom stereocenters.